The van der Waals surface area contributed by atoms with E-state index in [9.17, 15) is 18.0 Å². The van der Waals surface area contributed by atoms with Gasteiger partial charge in [0.15, 0.2) is 0 Å². The average molecular weight is 795 g/mol. The SMILES string of the molecule is CSc1ccc(NCc2ccc(-c3cc4c(NC5CCC(NC6CCN(CCOCCOCCNC(C)=O)CC6)CC5)cccc4n3CC(F)(F)F)cc2)cc1. The van der Waals surface area contributed by atoms with Crippen LogP contribution >= 0.6 is 11.8 Å². The van der Waals surface area contributed by atoms with Gasteiger partial charge in [-0.05, 0) is 111 Å². The van der Waals surface area contributed by atoms with E-state index in [0.29, 0.717) is 62.8 Å². The van der Waals surface area contributed by atoms with Crippen LogP contribution in [0.3, 0.4) is 0 Å². The quantitative estimate of drug-likeness (QED) is 0.0559. The van der Waals surface area contributed by atoms with Crippen molar-refractivity contribution < 1.29 is 27.4 Å². The van der Waals surface area contributed by atoms with Crippen molar-refractivity contribution in [3.8, 4) is 11.3 Å². The normalized spacial score (nSPS) is 18.3. The third-order valence-electron chi connectivity index (χ3n) is 10.8. The maximum atomic E-state index is 14.0. The van der Waals surface area contributed by atoms with Gasteiger partial charge in [-0.3, -0.25) is 4.79 Å². The number of anilines is 2. The topological polar surface area (TPSA) is 91.8 Å². The molecule has 56 heavy (non-hydrogen) atoms. The number of nitrogens with zero attached hydrogens (tertiary/aromatic N) is 2. The molecule has 304 valence electrons. The van der Waals surface area contributed by atoms with E-state index in [1.54, 1.807) is 17.8 Å². The Bertz CT molecular complexity index is 1800. The van der Waals surface area contributed by atoms with E-state index in [1.165, 1.54) is 16.4 Å². The van der Waals surface area contributed by atoms with Crippen molar-refractivity contribution in [2.75, 3.05) is 69.5 Å². The van der Waals surface area contributed by atoms with Gasteiger partial charge in [-0.2, -0.15) is 13.2 Å². The number of hydrogen-bond donors (Lipinski definition) is 4. The third-order valence-corrected chi connectivity index (χ3v) is 11.6. The first-order valence-corrected chi connectivity index (χ1v) is 21.2. The molecule has 13 heteroatoms. The van der Waals surface area contributed by atoms with E-state index in [0.717, 1.165) is 86.0 Å². The van der Waals surface area contributed by atoms with E-state index in [2.05, 4.69) is 50.4 Å². The molecule has 2 fully saturated rings. The summed E-state index contributed by atoms with van der Waals surface area (Å²) in [6, 6.07) is 24.9. The number of fused-ring (bicyclic) bond motifs is 1. The minimum absolute atomic E-state index is 0.0503. The molecule has 1 aliphatic carbocycles. The Kier molecular flexibility index (Phi) is 15.4. The van der Waals surface area contributed by atoms with Gasteiger partial charge in [-0.15, -0.1) is 11.8 Å². The van der Waals surface area contributed by atoms with Crippen LogP contribution in [0.4, 0.5) is 24.5 Å². The summed E-state index contributed by atoms with van der Waals surface area (Å²) >= 11 is 1.70. The smallest absolute Gasteiger partial charge is 0.382 e. The fourth-order valence-corrected chi connectivity index (χ4v) is 8.21. The highest BCUT2D eigenvalue weighted by Crippen LogP contribution is 2.36. The monoisotopic (exact) mass is 794 g/mol. The highest BCUT2D eigenvalue weighted by molar-refractivity contribution is 7.98. The minimum atomic E-state index is -4.36. The summed E-state index contributed by atoms with van der Waals surface area (Å²) in [6.07, 6.45) is 4.09. The summed E-state index contributed by atoms with van der Waals surface area (Å²) in [4.78, 5) is 14.5. The van der Waals surface area contributed by atoms with Crippen LogP contribution in [-0.4, -0.2) is 98.5 Å². The summed E-state index contributed by atoms with van der Waals surface area (Å²) in [5.41, 5.74) is 4.86. The average Bonchev–Trinajstić information content (AvgIpc) is 3.55. The lowest BCUT2D eigenvalue weighted by molar-refractivity contribution is -0.139. The first kappa shape index (κ1) is 41.9. The molecule has 1 aromatic heterocycles. The van der Waals surface area contributed by atoms with Gasteiger partial charge >= 0.3 is 6.18 Å². The number of aromatic nitrogens is 1. The van der Waals surface area contributed by atoms with E-state index in [-0.39, 0.29) is 11.9 Å². The summed E-state index contributed by atoms with van der Waals surface area (Å²) in [7, 11) is 0. The molecule has 1 amide bonds. The van der Waals surface area contributed by atoms with Crippen molar-refractivity contribution in [1.82, 2.24) is 20.1 Å². The lowest BCUT2D eigenvalue weighted by atomic mass is 9.89. The van der Waals surface area contributed by atoms with Crippen LogP contribution < -0.4 is 21.3 Å². The van der Waals surface area contributed by atoms with Gasteiger partial charge in [0.05, 0.1) is 31.9 Å². The molecule has 4 aromatic rings. The van der Waals surface area contributed by atoms with Crippen molar-refractivity contribution in [2.24, 2.45) is 0 Å². The molecule has 0 unspecified atom stereocenters. The summed E-state index contributed by atoms with van der Waals surface area (Å²) < 4.78 is 54.5. The number of nitrogens with one attached hydrogen (secondary N) is 4. The Morgan fingerprint density at radius 3 is 2.20 bits per heavy atom. The number of halogens is 3. The standard InChI is InChI=1S/C43H57F3N6O3S/c1-31(53)47-20-24-54-26-27-55-25-23-51-21-18-37(19-22-51)49-35-10-12-36(13-11-35)50-40-4-3-5-41-39(40)28-42(52(41)30-43(44,45)46)33-8-6-32(7-9-33)29-48-34-14-16-38(56-2)17-15-34/h3-9,14-17,28,35-37,48-50H,10-13,18-27,29-30H2,1-2H3,(H,47,53). The molecule has 6 rings (SSSR count). The minimum Gasteiger partial charge on any atom is -0.382 e. The molecular formula is C43H57F3N6O3S. The Morgan fingerprint density at radius 2 is 1.52 bits per heavy atom. The fraction of sp³-hybridized carbons (Fsp3) is 0.512. The largest absolute Gasteiger partial charge is 0.406 e. The molecule has 0 bridgehead atoms. The van der Waals surface area contributed by atoms with Crippen LogP contribution in [0.2, 0.25) is 0 Å². The zero-order chi connectivity index (χ0) is 39.3. The molecule has 0 radical (unpaired) electrons. The number of carbonyl (C=O) groups excluding carboxylic acids is 1. The van der Waals surface area contributed by atoms with Gasteiger partial charge in [0.1, 0.15) is 6.54 Å². The Morgan fingerprint density at radius 1 is 0.839 bits per heavy atom. The van der Waals surface area contributed by atoms with Crippen LogP contribution in [0.15, 0.2) is 77.7 Å². The fourth-order valence-electron chi connectivity index (χ4n) is 7.80. The number of likely N-dealkylation sites (tertiary alicyclic amines) is 1. The number of hydrogen-bond acceptors (Lipinski definition) is 8. The van der Waals surface area contributed by atoms with Crippen LogP contribution in [0.1, 0.15) is 51.0 Å². The zero-order valence-electron chi connectivity index (χ0n) is 32.6. The zero-order valence-corrected chi connectivity index (χ0v) is 33.5. The maximum absolute atomic E-state index is 14.0. The predicted molar refractivity (Wildman–Crippen MR) is 222 cm³/mol. The third kappa shape index (κ3) is 12.6. The molecule has 0 atom stereocenters. The van der Waals surface area contributed by atoms with Crippen LogP contribution in [-0.2, 0) is 27.4 Å². The first-order chi connectivity index (χ1) is 27.1. The lowest BCUT2D eigenvalue weighted by Gasteiger charge is -2.37. The van der Waals surface area contributed by atoms with E-state index < -0.39 is 12.7 Å². The number of ether oxygens (including phenoxy) is 2. The molecule has 9 nitrogen and oxygen atoms in total. The van der Waals surface area contributed by atoms with E-state index >= 15 is 0 Å². The van der Waals surface area contributed by atoms with Crippen molar-refractivity contribution in [2.45, 2.75) is 87.7 Å². The predicted octanol–water partition coefficient (Wildman–Crippen LogP) is 8.15. The van der Waals surface area contributed by atoms with E-state index in [1.807, 2.05) is 48.7 Å². The Hall–Kier alpha value is -3.75. The number of amides is 1. The van der Waals surface area contributed by atoms with Gasteiger partial charge in [0.2, 0.25) is 5.91 Å². The summed E-state index contributed by atoms with van der Waals surface area (Å²) in [5, 5.41) is 14.6. The lowest BCUT2D eigenvalue weighted by Crippen LogP contribution is -2.48. The first-order valence-electron chi connectivity index (χ1n) is 19.9. The van der Waals surface area contributed by atoms with Crippen molar-refractivity contribution in [1.29, 1.82) is 0 Å². The second-order valence-corrected chi connectivity index (χ2v) is 15.8. The van der Waals surface area contributed by atoms with Crippen LogP contribution in [0, 0.1) is 0 Å². The van der Waals surface area contributed by atoms with Gasteiger partial charge in [0.25, 0.3) is 0 Å². The number of benzene rings is 3. The van der Waals surface area contributed by atoms with Gasteiger partial charge in [-0.1, -0.05) is 30.3 Å². The number of thioether (sulfide) groups is 1. The maximum Gasteiger partial charge on any atom is 0.406 e. The van der Waals surface area contributed by atoms with Gasteiger partial charge in [-0.25, -0.2) is 0 Å². The molecule has 2 aliphatic rings. The highest BCUT2D eigenvalue weighted by Gasteiger charge is 2.31. The molecule has 1 aliphatic heterocycles. The second-order valence-electron chi connectivity index (χ2n) is 14.9. The van der Waals surface area contributed by atoms with Gasteiger partial charge in [0, 0.05) is 72.0 Å². The number of carbonyl (C=O) groups is 1. The number of rotatable bonds is 19. The van der Waals surface area contributed by atoms with Gasteiger partial charge < -0.3 is 40.2 Å². The number of piperidine rings is 1. The molecule has 1 saturated heterocycles. The van der Waals surface area contributed by atoms with E-state index in [4.69, 9.17) is 9.47 Å². The molecule has 0 spiro atoms. The highest BCUT2D eigenvalue weighted by atomic mass is 32.2. The molecule has 2 heterocycles. The number of alkyl halides is 3. The van der Waals surface area contributed by atoms with Crippen LogP contribution in [0.25, 0.3) is 22.2 Å². The van der Waals surface area contributed by atoms with Crippen LogP contribution in [0.5, 0.6) is 0 Å². The van der Waals surface area contributed by atoms with Crippen molar-refractivity contribution >= 4 is 39.9 Å². The Balaban J connectivity index is 0.970. The Labute approximate surface area is 333 Å². The summed E-state index contributed by atoms with van der Waals surface area (Å²) in [5.74, 6) is -0.0503. The van der Waals surface area contributed by atoms with Crippen molar-refractivity contribution in [3.63, 3.8) is 0 Å². The molecular weight excluding hydrogens is 738 g/mol. The summed E-state index contributed by atoms with van der Waals surface area (Å²) in [6.45, 7) is 6.87. The second kappa shape index (κ2) is 20.6. The molecule has 4 N–H and O–H groups in total. The van der Waals surface area contributed by atoms with Crippen molar-refractivity contribution in [3.05, 3.63) is 78.4 Å². The molecule has 3 aromatic carbocycles. The molecule has 1 saturated carbocycles.